The molecule has 0 aromatic heterocycles. The van der Waals surface area contributed by atoms with Crippen LogP contribution in [0.2, 0.25) is 10.0 Å². The van der Waals surface area contributed by atoms with Crippen LogP contribution in [0.15, 0.2) is 12.1 Å². The number of benzene rings is 1. The van der Waals surface area contributed by atoms with Crippen molar-refractivity contribution in [1.82, 2.24) is 15.1 Å². The summed E-state index contributed by atoms with van der Waals surface area (Å²) in [6.07, 6.45) is 3.33. The van der Waals surface area contributed by atoms with Crippen LogP contribution in [0.5, 0.6) is 5.75 Å². The molecule has 0 bridgehead atoms. The average molecular weight is 398 g/mol. The zero-order valence-electron chi connectivity index (χ0n) is 14.3. The molecular weight excluding hydrogens is 377 g/mol. The second-order valence-corrected chi connectivity index (χ2v) is 8.34. The van der Waals surface area contributed by atoms with E-state index in [4.69, 9.17) is 23.2 Å². The number of fused-ring (bicyclic) bond motifs is 1. The Kier molecular flexibility index (Phi) is 4.65. The van der Waals surface area contributed by atoms with Gasteiger partial charge < -0.3 is 20.2 Å². The monoisotopic (exact) mass is 397 g/mol. The van der Waals surface area contributed by atoms with Gasteiger partial charge in [-0.15, -0.1) is 0 Å². The lowest BCUT2D eigenvalue weighted by molar-refractivity contribution is 0.0773. The molecule has 2 aliphatic heterocycles. The molecule has 2 saturated heterocycles. The Labute approximate surface area is 162 Å². The quantitative estimate of drug-likeness (QED) is 0.805. The Balaban J connectivity index is 1.38. The van der Waals surface area contributed by atoms with E-state index < -0.39 is 0 Å². The number of phenolic OH excluding ortho intramolecular Hbond substituents is 1. The fourth-order valence-electron chi connectivity index (χ4n) is 4.04. The number of carbonyl (C=O) groups excluding carboxylic acids is 2. The second kappa shape index (κ2) is 6.82. The van der Waals surface area contributed by atoms with Crippen molar-refractivity contribution in [1.29, 1.82) is 0 Å². The molecular formula is C18H21Cl2N3O3. The summed E-state index contributed by atoms with van der Waals surface area (Å²) in [6.45, 7) is 2.46. The topological polar surface area (TPSA) is 72.9 Å². The van der Waals surface area contributed by atoms with E-state index in [1.807, 2.05) is 4.90 Å². The molecule has 2 atom stereocenters. The lowest BCUT2D eigenvalue weighted by Crippen LogP contribution is -2.47. The smallest absolute Gasteiger partial charge is 0.317 e. The van der Waals surface area contributed by atoms with Crippen LogP contribution in [0, 0.1) is 11.8 Å². The number of hydrogen-bond acceptors (Lipinski definition) is 3. The maximum absolute atomic E-state index is 12.8. The summed E-state index contributed by atoms with van der Waals surface area (Å²) in [7, 11) is 0. The number of likely N-dealkylation sites (tertiary alicyclic amines) is 2. The molecule has 3 amide bonds. The third-order valence-corrected chi connectivity index (χ3v) is 6.26. The Hall–Kier alpha value is -1.66. The molecule has 4 rings (SSSR count). The minimum Gasteiger partial charge on any atom is -0.506 e. The summed E-state index contributed by atoms with van der Waals surface area (Å²) < 4.78 is 0. The van der Waals surface area contributed by atoms with Crippen LogP contribution in [-0.4, -0.2) is 59.1 Å². The van der Waals surface area contributed by atoms with Crippen LogP contribution >= 0.6 is 23.2 Å². The van der Waals surface area contributed by atoms with Crippen LogP contribution in [0.3, 0.4) is 0 Å². The largest absolute Gasteiger partial charge is 0.506 e. The summed E-state index contributed by atoms with van der Waals surface area (Å²) in [5.41, 5.74) is 0.127. The van der Waals surface area contributed by atoms with Gasteiger partial charge in [0, 0.05) is 49.1 Å². The fourth-order valence-corrected chi connectivity index (χ4v) is 4.54. The summed E-state index contributed by atoms with van der Waals surface area (Å²) >= 11 is 11.9. The van der Waals surface area contributed by atoms with Crippen LogP contribution < -0.4 is 5.32 Å². The van der Waals surface area contributed by atoms with Gasteiger partial charge in [0.2, 0.25) is 0 Å². The fraction of sp³-hybridized carbons (Fsp3) is 0.556. The van der Waals surface area contributed by atoms with E-state index in [-0.39, 0.29) is 40.1 Å². The van der Waals surface area contributed by atoms with Crippen molar-refractivity contribution in [2.75, 3.05) is 26.2 Å². The van der Waals surface area contributed by atoms with Gasteiger partial charge in [0.05, 0.1) is 10.6 Å². The Morgan fingerprint density at radius 1 is 1.04 bits per heavy atom. The highest BCUT2D eigenvalue weighted by molar-refractivity contribution is 6.36. The Morgan fingerprint density at radius 2 is 1.65 bits per heavy atom. The molecule has 8 heteroatoms. The molecule has 0 radical (unpaired) electrons. The maximum Gasteiger partial charge on any atom is 0.317 e. The van der Waals surface area contributed by atoms with E-state index in [1.165, 1.54) is 18.6 Å². The first-order chi connectivity index (χ1) is 12.4. The van der Waals surface area contributed by atoms with Crippen LogP contribution in [0.25, 0.3) is 0 Å². The summed E-state index contributed by atoms with van der Waals surface area (Å²) in [6, 6.07) is 3.20. The minimum absolute atomic E-state index is 0.0150. The number of hydrogen-bond donors (Lipinski definition) is 2. The number of carbonyl (C=O) groups is 2. The number of nitrogens with zero attached hydrogens (tertiary/aromatic N) is 2. The molecule has 1 aromatic carbocycles. The first-order valence-corrected chi connectivity index (χ1v) is 9.70. The first-order valence-electron chi connectivity index (χ1n) is 8.95. The van der Waals surface area contributed by atoms with Crippen LogP contribution in [0.1, 0.15) is 29.6 Å². The molecule has 26 heavy (non-hydrogen) atoms. The van der Waals surface area contributed by atoms with E-state index in [1.54, 1.807) is 4.90 Å². The van der Waals surface area contributed by atoms with Crippen molar-refractivity contribution >= 4 is 35.1 Å². The number of amides is 3. The highest BCUT2D eigenvalue weighted by atomic mass is 35.5. The van der Waals surface area contributed by atoms with Crippen molar-refractivity contribution in [2.24, 2.45) is 11.8 Å². The molecule has 0 spiro atoms. The van der Waals surface area contributed by atoms with Gasteiger partial charge in [-0.3, -0.25) is 4.79 Å². The van der Waals surface area contributed by atoms with E-state index in [2.05, 4.69) is 5.32 Å². The van der Waals surface area contributed by atoms with Crippen LogP contribution in [0.4, 0.5) is 4.79 Å². The van der Waals surface area contributed by atoms with Crippen molar-refractivity contribution < 1.29 is 14.7 Å². The average Bonchev–Trinajstić information content (AvgIpc) is 3.12. The zero-order chi connectivity index (χ0) is 18.4. The predicted molar refractivity (Wildman–Crippen MR) is 98.8 cm³/mol. The third kappa shape index (κ3) is 3.21. The Bertz CT molecular complexity index is 739. The lowest BCUT2D eigenvalue weighted by Gasteiger charge is -2.29. The first kappa shape index (κ1) is 17.7. The number of nitrogens with one attached hydrogen (secondary N) is 1. The van der Waals surface area contributed by atoms with E-state index in [0.29, 0.717) is 37.2 Å². The number of rotatable bonds is 2. The standard InChI is InChI=1S/C18H21Cl2N3O3/c19-12-4-14(16(24)15(20)5-12)17(25)22-6-10-8-23(9-11(10)7-22)18(26)21-13-2-1-3-13/h4-5,10-11,13,24H,1-3,6-9H2,(H,21,26). The number of urea groups is 1. The van der Waals surface area contributed by atoms with Crippen molar-refractivity contribution in [3.05, 3.63) is 27.7 Å². The molecule has 3 aliphatic rings. The number of aromatic hydroxyl groups is 1. The third-order valence-electron chi connectivity index (χ3n) is 5.75. The summed E-state index contributed by atoms with van der Waals surface area (Å²) in [5, 5.41) is 13.5. The molecule has 140 valence electrons. The van der Waals surface area contributed by atoms with Crippen LogP contribution in [-0.2, 0) is 0 Å². The summed E-state index contributed by atoms with van der Waals surface area (Å²) in [4.78, 5) is 28.7. The van der Waals surface area contributed by atoms with Gasteiger partial charge in [0.25, 0.3) is 5.91 Å². The molecule has 6 nitrogen and oxygen atoms in total. The van der Waals surface area contributed by atoms with Gasteiger partial charge in [-0.1, -0.05) is 23.2 Å². The van der Waals surface area contributed by atoms with Crippen molar-refractivity contribution in [2.45, 2.75) is 25.3 Å². The molecule has 2 unspecified atom stereocenters. The van der Waals surface area contributed by atoms with Gasteiger partial charge in [0.15, 0.2) is 0 Å². The predicted octanol–water partition coefficient (Wildman–Crippen LogP) is 2.96. The number of halogens is 2. The molecule has 2 N–H and O–H groups in total. The van der Waals surface area contributed by atoms with E-state index in [0.717, 1.165) is 12.8 Å². The van der Waals surface area contributed by atoms with Gasteiger partial charge in [0.1, 0.15) is 5.75 Å². The summed E-state index contributed by atoms with van der Waals surface area (Å²) in [5.74, 6) is 0.0252. The molecule has 2 heterocycles. The van der Waals surface area contributed by atoms with Gasteiger partial charge in [-0.25, -0.2) is 4.79 Å². The highest BCUT2D eigenvalue weighted by Crippen LogP contribution is 2.36. The SMILES string of the molecule is O=C(NC1CCC1)N1CC2CN(C(=O)c3cc(Cl)cc(Cl)c3O)CC2C1. The van der Waals surface area contributed by atoms with Crippen molar-refractivity contribution in [3.63, 3.8) is 0 Å². The van der Waals surface area contributed by atoms with E-state index in [9.17, 15) is 14.7 Å². The van der Waals surface area contributed by atoms with Crippen molar-refractivity contribution in [3.8, 4) is 5.75 Å². The normalized spacial score (nSPS) is 25.2. The lowest BCUT2D eigenvalue weighted by atomic mass is 9.93. The minimum atomic E-state index is -0.272. The van der Waals surface area contributed by atoms with Gasteiger partial charge >= 0.3 is 6.03 Å². The molecule has 3 fully saturated rings. The zero-order valence-corrected chi connectivity index (χ0v) is 15.8. The molecule has 1 aromatic rings. The maximum atomic E-state index is 12.8. The highest BCUT2D eigenvalue weighted by Gasteiger charge is 2.43. The Morgan fingerprint density at radius 3 is 2.23 bits per heavy atom. The van der Waals surface area contributed by atoms with Gasteiger partial charge in [-0.05, 0) is 31.4 Å². The van der Waals surface area contributed by atoms with Gasteiger partial charge in [-0.2, -0.15) is 0 Å². The van der Waals surface area contributed by atoms with E-state index >= 15 is 0 Å². The number of phenols is 1. The molecule has 1 aliphatic carbocycles. The molecule has 1 saturated carbocycles. The second-order valence-electron chi connectivity index (χ2n) is 7.50.